The van der Waals surface area contributed by atoms with Crippen molar-refractivity contribution in [2.45, 2.75) is 409 Å². The second kappa shape index (κ2) is 47.2. The third-order valence-corrected chi connectivity index (χ3v) is 23.2. The van der Waals surface area contributed by atoms with Gasteiger partial charge in [0, 0.05) is 302 Å². The lowest BCUT2D eigenvalue weighted by molar-refractivity contribution is -0.563. The Hall–Kier alpha value is -5.52. The second-order valence-corrected chi connectivity index (χ2v) is 41.7. The van der Waals surface area contributed by atoms with Gasteiger partial charge in [0.2, 0.25) is 44.3 Å². The molecule has 0 saturated heterocycles. The van der Waals surface area contributed by atoms with E-state index in [1.54, 1.807) is 84.8 Å². The molecule has 0 aromatic carbocycles. The standard InChI is InChI=1S/C78H156N14O28/c1-67(2,81(47-59(97)35-71(9,10)85(105)106)48-60(98)36-72(11,12)86(107)108)31-55(93)43-79(44-56(94)32-68(3,4)82(49-61(99)37-73(13,14)87(109)110)50-62(100)38-74(15,16)88(111)112)29-27-25-26-28-30-80(45-57(95)33-69(5,6)83(51-63(101)39-75(17,18)89(113)114)52-64(102)40-76(19,20)90(115)116)46-58(96)34-70(7,8)84(53-65(103)41-77(21,22)91(117)118)54-66(104)42-78(23,24)92(119)120/h55-66,93-104H,25-54H2,1-24H3. The Kier molecular flexibility index (Phi) is 45.0. The number of nitrogens with zero attached hydrogens (tertiary/aromatic N) is 14. The molecule has 42 nitrogen and oxygen atoms in total. The molecule has 0 bridgehead atoms. The summed E-state index contributed by atoms with van der Waals surface area (Å²) in [5, 5.41) is 237. The van der Waals surface area contributed by atoms with Gasteiger partial charge in [0.25, 0.3) is 0 Å². The van der Waals surface area contributed by atoms with Crippen LogP contribution in [0.3, 0.4) is 0 Å². The zero-order chi connectivity index (χ0) is 94.2. The molecule has 12 atom stereocenters. The summed E-state index contributed by atoms with van der Waals surface area (Å²) in [6.07, 6.45) is -17.7. The summed E-state index contributed by atoms with van der Waals surface area (Å²) in [6, 6.07) is 0. The number of nitro groups is 8. The summed E-state index contributed by atoms with van der Waals surface area (Å²) in [4.78, 5) is 102. The van der Waals surface area contributed by atoms with Crippen molar-refractivity contribution >= 4 is 0 Å². The summed E-state index contributed by atoms with van der Waals surface area (Å²) in [5.41, 5.74) is -17.6. The van der Waals surface area contributed by atoms with Crippen LogP contribution in [0.5, 0.6) is 0 Å². The van der Waals surface area contributed by atoms with E-state index < -0.39 is 179 Å². The normalized spacial score (nSPS) is 16.9. The Labute approximate surface area is 708 Å². The molecule has 0 aromatic heterocycles. The number of aliphatic hydroxyl groups excluding tert-OH is 12. The lowest BCUT2D eigenvalue weighted by atomic mass is 9.89. The van der Waals surface area contributed by atoms with Gasteiger partial charge >= 0.3 is 0 Å². The maximum Gasteiger partial charge on any atom is 0.219 e. The summed E-state index contributed by atoms with van der Waals surface area (Å²) in [6.45, 7) is 32.3. The molecule has 120 heavy (non-hydrogen) atoms. The number of rotatable bonds is 67. The van der Waals surface area contributed by atoms with Crippen molar-refractivity contribution in [3.05, 3.63) is 80.9 Å². The van der Waals surface area contributed by atoms with Gasteiger partial charge in [-0.15, -0.1) is 0 Å². The van der Waals surface area contributed by atoms with E-state index >= 15 is 0 Å². The Morgan fingerprint density at radius 2 is 0.300 bits per heavy atom. The maximum atomic E-state index is 12.3. The highest BCUT2D eigenvalue weighted by atomic mass is 16.7. The maximum absolute atomic E-state index is 12.3. The van der Waals surface area contributed by atoms with Gasteiger partial charge in [-0.25, -0.2) is 0 Å². The molecular formula is C78H156N14O28. The van der Waals surface area contributed by atoms with Gasteiger partial charge in [0.05, 0.1) is 73.2 Å². The summed E-state index contributed by atoms with van der Waals surface area (Å²) in [5.74, 6) is 0. The molecule has 0 aliphatic carbocycles. The lowest BCUT2D eigenvalue weighted by Crippen LogP contribution is -2.55. The van der Waals surface area contributed by atoms with Crippen LogP contribution in [0, 0.1) is 80.9 Å². The number of β-amino-alcohol motifs (C(OH)–C–C–N with tert-alkyl or cyclic N) is 8. The predicted molar refractivity (Wildman–Crippen MR) is 450 cm³/mol. The third kappa shape index (κ3) is 41.5. The van der Waals surface area contributed by atoms with Crippen LogP contribution in [-0.2, 0) is 0 Å². The second-order valence-electron chi connectivity index (χ2n) is 41.7. The van der Waals surface area contributed by atoms with Crippen molar-refractivity contribution in [1.29, 1.82) is 0 Å². The quantitative estimate of drug-likeness (QED) is 0.0218. The number of aliphatic hydroxyl groups is 12. The highest BCUT2D eigenvalue weighted by Crippen LogP contribution is 2.34. The molecule has 12 N–H and O–H groups in total. The van der Waals surface area contributed by atoms with Gasteiger partial charge < -0.3 is 61.3 Å². The van der Waals surface area contributed by atoms with E-state index in [0.717, 1.165) is 0 Å². The molecule has 0 saturated carbocycles. The highest BCUT2D eigenvalue weighted by molar-refractivity contribution is 4.96. The van der Waals surface area contributed by atoms with Crippen LogP contribution in [0.1, 0.15) is 269 Å². The average Bonchev–Trinajstić information content (AvgIpc) is 0.833. The van der Waals surface area contributed by atoms with E-state index in [-0.39, 0.29) is 169 Å². The molecule has 706 valence electrons. The number of hydrogen-bond acceptors (Lipinski definition) is 34. The van der Waals surface area contributed by atoms with Crippen molar-refractivity contribution in [2.75, 3.05) is 91.6 Å². The first-order valence-corrected chi connectivity index (χ1v) is 41.7. The molecule has 0 aliphatic rings. The molecule has 0 rings (SSSR count). The summed E-state index contributed by atoms with van der Waals surface area (Å²) in [7, 11) is 0. The Bertz CT molecular complexity index is 2660. The highest BCUT2D eigenvalue weighted by Gasteiger charge is 2.47. The minimum absolute atomic E-state index is 0.118. The van der Waals surface area contributed by atoms with Crippen LogP contribution in [0.4, 0.5) is 0 Å². The van der Waals surface area contributed by atoms with Crippen LogP contribution >= 0.6 is 0 Å². The molecule has 0 aromatic rings. The minimum Gasteiger partial charge on any atom is -0.392 e. The van der Waals surface area contributed by atoms with E-state index in [9.17, 15) is 142 Å². The fourth-order valence-corrected chi connectivity index (χ4v) is 15.8. The topological polar surface area (TPSA) is 607 Å². The van der Waals surface area contributed by atoms with Crippen molar-refractivity contribution in [1.82, 2.24) is 29.4 Å². The van der Waals surface area contributed by atoms with E-state index in [1.165, 1.54) is 111 Å². The average molecular weight is 1740 g/mol. The van der Waals surface area contributed by atoms with Gasteiger partial charge in [0.1, 0.15) is 0 Å². The fraction of sp³-hybridized carbons (Fsp3) is 1.00. The molecule has 0 radical (unpaired) electrons. The minimum atomic E-state index is -1.61. The van der Waals surface area contributed by atoms with Crippen LogP contribution < -0.4 is 0 Å². The zero-order valence-electron chi connectivity index (χ0n) is 76.3. The molecule has 12 unspecified atom stereocenters. The summed E-state index contributed by atoms with van der Waals surface area (Å²) >= 11 is 0. The van der Waals surface area contributed by atoms with Gasteiger partial charge in [-0.2, -0.15) is 0 Å². The first-order valence-electron chi connectivity index (χ1n) is 41.7. The van der Waals surface area contributed by atoms with Crippen LogP contribution in [0.25, 0.3) is 0 Å². The predicted octanol–water partition coefficient (Wildman–Crippen LogP) is 4.93. The molecule has 0 spiro atoms. The third-order valence-electron chi connectivity index (χ3n) is 23.2. The van der Waals surface area contributed by atoms with Gasteiger partial charge in [-0.1, -0.05) is 12.8 Å². The van der Waals surface area contributed by atoms with Gasteiger partial charge in [-0.05, 0) is 107 Å². The van der Waals surface area contributed by atoms with Gasteiger partial charge in [-0.3, -0.25) is 110 Å². The number of hydrogen-bond donors (Lipinski definition) is 12. The van der Waals surface area contributed by atoms with Crippen LogP contribution in [0.15, 0.2) is 0 Å². The zero-order valence-corrected chi connectivity index (χ0v) is 76.3. The molecular weight excluding hydrogens is 1580 g/mol. The van der Waals surface area contributed by atoms with Crippen molar-refractivity contribution in [2.24, 2.45) is 0 Å². The van der Waals surface area contributed by atoms with E-state index in [2.05, 4.69) is 0 Å². The first-order chi connectivity index (χ1) is 53.9. The van der Waals surface area contributed by atoms with Crippen molar-refractivity contribution in [3.63, 3.8) is 0 Å². The van der Waals surface area contributed by atoms with E-state index in [0.29, 0.717) is 25.7 Å². The van der Waals surface area contributed by atoms with E-state index in [4.69, 9.17) is 0 Å². The van der Waals surface area contributed by atoms with E-state index in [1.807, 2.05) is 0 Å². The Morgan fingerprint density at radius 3 is 0.408 bits per heavy atom. The lowest BCUT2D eigenvalue weighted by Gasteiger charge is -2.44. The van der Waals surface area contributed by atoms with Crippen LogP contribution in [0.2, 0.25) is 0 Å². The number of unbranched alkanes of at least 4 members (excludes halogenated alkanes) is 3. The molecule has 0 aliphatic heterocycles. The largest absolute Gasteiger partial charge is 0.392 e. The van der Waals surface area contributed by atoms with Crippen molar-refractivity contribution in [3.8, 4) is 0 Å². The Balaban J connectivity index is 8.19. The fourth-order valence-electron chi connectivity index (χ4n) is 15.8. The molecule has 0 heterocycles. The molecule has 42 heteroatoms. The smallest absolute Gasteiger partial charge is 0.219 e. The first kappa shape index (κ1) is 114. The molecule has 0 amide bonds. The van der Waals surface area contributed by atoms with Crippen LogP contribution in [-0.4, -0.2) is 361 Å². The van der Waals surface area contributed by atoms with Gasteiger partial charge in [0.15, 0.2) is 0 Å². The molecule has 0 fully saturated rings. The monoisotopic (exact) mass is 1740 g/mol. The SMILES string of the molecule is CC(C)(CC(O)CN(CCCCCCN(CC(O)CC(C)(C)N(CC(O)CC(C)(C)[N+](=O)[O-])CC(O)CC(C)(C)[N+](=O)[O-])CC(O)CC(C)(C)N(CC(O)CC(C)(C)[N+](=O)[O-])CC(O)CC(C)(C)[N+](=O)[O-])CC(O)CC(C)(C)N(CC(O)CC(C)(C)[N+](=O)[O-])CC(O)CC(C)(C)[N+](=O)[O-])N(CC(O)CC(C)(C)[N+](=O)[O-])CC(O)CC(C)(C)[N+](=O)[O-]. The Morgan fingerprint density at radius 1 is 0.192 bits per heavy atom. The summed E-state index contributed by atoms with van der Waals surface area (Å²) < 4.78 is 0. The van der Waals surface area contributed by atoms with Crippen molar-refractivity contribution < 1.29 is 101 Å².